The predicted molar refractivity (Wildman–Crippen MR) is 47.1 cm³/mol. The van der Waals surface area contributed by atoms with Crippen molar-refractivity contribution in [3.05, 3.63) is 0 Å². The van der Waals surface area contributed by atoms with Gasteiger partial charge in [0, 0.05) is 31.0 Å². The summed E-state index contributed by atoms with van der Waals surface area (Å²) < 4.78 is 9.58. The van der Waals surface area contributed by atoms with Crippen molar-refractivity contribution in [1.29, 1.82) is 0 Å². The molecule has 0 atom stereocenters. The Balaban J connectivity index is 0. The first-order valence-corrected chi connectivity index (χ1v) is 3.78. The Bertz CT molecular complexity index is 99.8. The first-order chi connectivity index (χ1) is 4.81. The topological polar surface area (TPSA) is 35.5 Å². The number of hydrogen-bond acceptors (Lipinski definition) is 4. The number of hydrogen-bond donors (Lipinski definition) is 1. The second-order valence-electron chi connectivity index (χ2n) is 1.58. The van der Waals surface area contributed by atoms with E-state index < -0.39 is 0 Å². The Kier molecular flexibility index (Phi) is 13.6. The van der Waals surface area contributed by atoms with Crippen LogP contribution < -0.4 is 0 Å². The van der Waals surface area contributed by atoms with Gasteiger partial charge in [-0.25, -0.2) is 0 Å². The van der Waals surface area contributed by atoms with Crippen molar-refractivity contribution in [2.75, 3.05) is 25.6 Å². The summed E-state index contributed by atoms with van der Waals surface area (Å²) in [6, 6.07) is 0. The zero-order valence-electron chi connectivity index (χ0n) is 6.45. The Morgan fingerprint density at radius 3 is 2.55 bits per heavy atom. The third kappa shape index (κ3) is 10.6. The van der Waals surface area contributed by atoms with E-state index in [1.54, 1.807) is 0 Å². The van der Waals surface area contributed by atoms with Gasteiger partial charge in [0.15, 0.2) is 0 Å². The summed E-state index contributed by atoms with van der Waals surface area (Å²) in [6.07, 6.45) is 0. The Morgan fingerprint density at radius 1 is 1.45 bits per heavy atom. The van der Waals surface area contributed by atoms with Gasteiger partial charge in [-0.3, -0.25) is 4.79 Å². The van der Waals surface area contributed by atoms with Crippen LogP contribution >= 0.6 is 12.6 Å². The Hall–Kier alpha value is 0.598. The first kappa shape index (κ1) is 14.1. The van der Waals surface area contributed by atoms with Crippen LogP contribution in [-0.4, -0.2) is 56.0 Å². The maximum atomic E-state index is 10.4. The smallest absolute Gasteiger partial charge is 0.315 e. The fraction of sp³-hybridized carbons (Fsp3) is 0.833. The number of rotatable bonds is 5. The number of carbonyl (C=O) groups excluding carboxylic acids is 1. The molecule has 0 aromatic carbocycles. The van der Waals surface area contributed by atoms with E-state index >= 15 is 0 Å². The summed E-state index contributed by atoms with van der Waals surface area (Å²) >= 11 is 3.73. The van der Waals surface area contributed by atoms with Crippen LogP contribution in [0.15, 0.2) is 0 Å². The van der Waals surface area contributed by atoms with E-state index in [2.05, 4.69) is 17.4 Å². The fourth-order valence-corrected chi connectivity index (χ4v) is 0.496. The molecule has 11 heavy (non-hydrogen) atoms. The van der Waals surface area contributed by atoms with Crippen molar-refractivity contribution >= 4 is 43.0 Å². The molecule has 0 rings (SSSR count). The van der Waals surface area contributed by atoms with Crippen molar-refractivity contribution in [3.8, 4) is 0 Å². The molecule has 0 saturated carbocycles. The summed E-state index contributed by atoms with van der Waals surface area (Å²) in [7, 11) is 0. The molecule has 0 bridgehead atoms. The molecule has 0 aromatic rings. The quantitative estimate of drug-likeness (QED) is 0.337. The zero-order valence-corrected chi connectivity index (χ0v) is 9.89. The average molecular weight is 286 g/mol. The molecule has 65 valence electrons. The van der Waals surface area contributed by atoms with Gasteiger partial charge >= 0.3 is 5.97 Å². The van der Waals surface area contributed by atoms with Crippen molar-refractivity contribution in [2.24, 2.45) is 0 Å². The third-order valence-corrected chi connectivity index (χ3v) is 1.08. The summed E-state index contributed by atoms with van der Waals surface area (Å²) in [5.74, 6) is -0.172. The molecule has 0 aromatic heterocycles. The van der Waals surface area contributed by atoms with Crippen LogP contribution in [0.2, 0.25) is 0 Å². The van der Waals surface area contributed by atoms with Gasteiger partial charge in [0.05, 0.1) is 12.4 Å². The zero-order chi connectivity index (χ0) is 7.82. The second kappa shape index (κ2) is 10.6. The van der Waals surface area contributed by atoms with Gasteiger partial charge in [-0.15, -0.1) is 0 Å². The third-order valence-electron chi connectivity index (χ3n) is 0.824. The summed E-state index contributed by atoms with van der Waals surface area (Å²) in [5, 5.41) is 0. The molecule has 3 nitrogen and oxygen atoms in total. The maximum Gasteiger partial charge on any atom is 0.315 e. The molecular formula is C6H12O3SSb. The molecule has 5 heteroatoms. The van der Waals surface area contributed by atoms with E-state index in [0.29, 0.717) is 19.8 Å². The van der Waals surface area contributed by atoms with Gasteiger partial charge in [-0.1, -0.05) is 0 Å². The Labute approximate surface area is 89.7 Å². The molecule has 0 unspecified atom stereocenters. The standard InChI is InChI=1S/C6H12O3S.Sb/c1-2-8-3-4-9-6(7)5-10;/h10H,2-5H2,1H3;. The van der Waals surface area contributed by atoms with Crippen LogP contribution in [0.3, 0.4) is 0 Å². The van der Waals surface area contributed by atoms with Gasteiger partial charge in [-0.05, 0) is 6.92 Å². The fourth-order valence-electron chi connectivity index (χ4n) is 0.404. The SMILES string of the molecule is CCOCCOC(=O)CS.[Sb]. The molecule has 0 heterocycles. The van der Waals surface area contributed by atoms with Crippen molar-refractivity contribution < 1.29 is 14.3 Å². The summed E-state index contributed by atoms with van der Waals surface area (Å²) in [5.41, 5.74) is 0. The average Bonchev–Trinajstić information content (AvgIpc) is 1.98. The monoisotopic (exact) mass is 285 g/mol. The van der Waals surface area contributed by atoms with E-state index in [0.717, 1.165) is 0 Å². The minimum absolute atomic E-state index is 0. The van der Waals surface area contributed by atoms with Gasteiger partial charge in [0.2, 0.25) is 0 Å². The minimum Gasteiger partial charge on any atom is -0.463 e. The van der Waals surface area contributed by atoms with Gasteiger partial charge in [0.1, 0.15) is 6.61 Å². The maximum absolute atomic E-state index is 10.4. The largest absolute Gasteiger partial charge is 0.463 e. The van der Waals surface area contributed by atoms with Crippen LogP contribution in [0.1, 0.15) is 6.92 Å². The van der Waals surface area contributed by atoms with Crippen LogP contribution in [0.5, 0.6) is 0 Å². The van der Waals surface area contributed by atoms with E-state index in [-0.39, 0.29) is 36.2 Å². The van der Waals surface area contributed by atoms with Gasteiger partial charge in [-0.2, -0.15) is 12.6 Å². The Morgan fingerprint density at radius 2 is 2.09 bits per heavy atom. The molecule has 0 fully saturated rings. The molecule has 3 radical (unpaired) electrons. The summed E-state index contributed by atoms with van der Waals surface area (Å²) in [4.78, 5) is 10.4. The number of ether oxygens (including phenoxy) is 2. The van der Waals surface area contributed by atoms with Crippen LogP contribution in [0, 0.1) is 0 Å². The molecule has 0 N–H and O–H groups in total. The minimum atomic E-state index is -0.303. The number of thiol groups is 1. The van der Waals surface area contributed by atoms with E-state index in [1.807, 2.05) is 6.92 Å². The van der Waals surface area contributed by atoms with E-state index in [1.165, 1.54) is 0 Å². The molecule has 0 aliphatic carbocycles. The van der Waals surface area contributed by atoms with E-state index in [9.17, 15) is 4.79 Å². The molecule has 0 spiro atoms. The number of carbonyl (C=O) groups is 1. The molecular weight excluding hydrogens is 274 g/mol. The molecule has 0 aliphatic rings. The number of esters is 1. The van der Waals surface area contributed by atoms with Crippen LogP contribution in [0.4, 0.5) is 0 Å². The van der Waals surface area contributed by atoms with Gasteiger partial charge < -0.3 is 9.47 Å². The first-order valence-electron chi connectivity index (χ1n) is 3.15. The normalized spacial score (nSPS) is 8.55. The molecule has 0 aliphatic heterocycles. The van der Waals surface area contributed by atoms with Crippen molar-refractivity contribution in [2.45, 2.75) is 6.92 Å². The summed E-state index contributed by atoms with van der Waals surface area (Å²) in [6.45, 7) is 3.34. The molecule has 0 saturated heterocycles. The van der Waals surface area contributed by atoms with Crippen molar-refractivity contribution in [3.63, 3.8) is 0 Å². The predicted octanol–water partition coefficient (Wildman–Crippen LogP) is 0.115. The second-order valence-corrected chi connectivity index (χ2v) is 1.89. The van der Waals surface area contributed by atoms with Gasteiger partial charge in [0.25, 0.3) is 0 Å². The van der Waals surface area contributed by atoms with E-state index in [4.69, 9.17) is 4.74 Å². The van der Waals surface area contributed by atoms with Crippen molar-refractivity contribution in [1.82, 2.24) is 0 Å². The van der Waals surface area contributed by atoms with Crippen LogP contribution in [-0.2, 0) is 14.3 Å². The van der Waals surface area contributed by atoms with Crippen LogP contribution in [0.25, 0.3) is 0 Å². The molecule has 0 amide bonds.